The smallest absolute Gasteiger partial charge is 0.247 e. The van der Waals surface area contributed by atoms with E-state index < -0.39 is 22.6 Å². The number of carbonyl (C=O) groups excluding carboxylic acids is 3. The van der Waals surface area contributed by atoms with E-state index in [0.717, 1.165) is 44.9 Å². The summed E-state index contributed by atoms with van der Waals surface area (Å²) in [6, 6.07) is -0.563. The molecule has 0 radical (unpaired) electrons. The highest BCUT2D eigenvalue weighted by atomic mass is 32.2. The van der Waals surface area contributed by atoms with E-state index in [0.29, 0.717) is 26.2 Å². The van der Waals surface area contributed by atoms with E-state index in [9.17, 15) is 14.4 Å². The molecule has 2 saturated heterocycles. The Balaban J connectivity index is 1.66. The number of unbranched alkanes of at least 4 members (excludes halogenated alkanes) is 5. The minimum atomic E-state index is -0.702. The predicted molar refractivity (Wildman–Crippen MR) is 134 cm³/mol. The number of aliphatic hydroxyl groups excluding tert-OH is 1. The van der Waals surface area contributed by atoms with Gasteiger partial charge in [0, 0.05) is 45.1 Å². The lowest BCUT2D eigenvalue weighted by Crippen LogP contribution is -2.53. The van der Waals surface area contributed by atoms with E-state index in [4.69, 9.17) is 5.11 Å². The van der Waals surface area contributed by atoms with E-state index in [1.54, 1.807) is 28.6 Å². The summed E-state index contributed by atoms with van der Waals surface area (Å²) in [7, 11) is 1.80. The molecule has 2 fully saturated rings. The van der Waals surface area contributed by atoms with Crippen molar-refractivity contribution in [2.24, 2.45) is 11.8 Å². The molecule has 34 heavy (non-hydrogen) atoms. The molecule has 0 bridgehead atoms. The standard InChI is InChI=1S/C26H39N3O4S/c1-3-4-7-15-28-16-11-13-26-21(20-19(34-26)12-10-14-27(2)23(20)31)24(32)29(22(26)25(28)33)17-8-5-6-9-18-30/h10-13,19-22,30H,3-9,14-18H2,1-2H3/t19-,20+,21-,22?,26-/m0/s1. The molecule has 5 atom stereocenters. The zero-order valence-corrected chi connectivity index (χ0v) is 21.3. The topological polar surface area (TPSA) is 81.2 Å². The first-order valence-electron chi connectivity index (χ1n) is 12.9. The van der Waals surface area contributed by atoms with Crippen molar-refractivity contribution >= 4 is 29.5 Å². The van der Waals surface area contributed by atoms with Crippen LogP contribution in [0.5, 0.6) is 0 Å². The van der Waals surface area contributed by atoms with E-state index in [2.05, 4.69) is 25.2 Å². The van der Waals surface area contributed by atoms with Gasteiger partial charge < -0.3 is 19.8 Å². The molecule has 0 aromatic heterocycles. The van der Waals surface area contributed by atoms with Gasteiger partial charge in [-0.1, -0.05) is 56.9 Å². The lowest BCUT2D eigenvalue weighted by Gasteiger charge is -2.35. The van der Waals surface area contributed by atoms with Crippen molar-refractivity contribution in [1.29, 1.82) is 0 Å². The van der Waals surface area contributed by atoms with Gasteiger partial charge in [-0.25, -0.2) is 0 Å². The molecule has 4 aliphatic rings. The lowest BCUT2D eigenvalue weighted by atomic mass is 9.78. The summed E-state index contributed by atoms with van der Waals surface area (Å²) in [5.74, 6) is -0.962. The second kappa shape index (κ2) is 10.9. The summed E-state index contributed by atoms with van der Waals surface area (Å²) < 4.78 is -0.702. The molecule has 1 spiro atoms. The SMILES string of the molecule is CCCCCN1CC=C[C@]23S[C@H]4C=CCN(C)C(=O)[C@H]4[C@H]2C(=O)N(CCCCCCO)C3C1=O. The first-order valence-corrected chi connectivity index (χ1v) is 13.8. The molecule has 0 saturated carbocycles. The number of carbonyl (C=O) groups is 3. The summed E-state index contributed by atoms with van der Waals surface area (Å²) in [5, 5.41) is 8.99. The highest BCUT2D eigenvalue weighted by Crippen LogP contribution is 2.61. The van der Waals surface area contributed by atoms with Crippen molar-refractivity contribution in [1.82, 2.24) is 14.7 Å². The van der Waals surface area contributed by atoms with E-state index >= 15 is 0 Å². The Morgan fingerprint density at radius 1 is 0.971 bits per heavy atom. The Bertz CT molecular complexity index is 846. The van der Waals surface area contributed by atoms with Crippen molar-refractivity contribution in [3.05, 3.63) is 24.3 Å². The molecule has 4 heterocycles. The molecule has 8 heteroatoms. The van der Waals surface area contributed by atoms with Gasteiger partial charge in [-0.15, -0.1) is 11.8 Å². The van der Waals surface area contributed by atoms with Crippen LogP contribution in [0.1, 0.15) is 51.9 Å². The molecule has 4 aliphatic heterocycles. The van der Waals surface area contributed by atoms with Crippen LogP contribution in [0.2, 0.25) is 0 Å². The fourth-order valence-electron chi connectivity index (χ4n) is 6.05. The first kappa shape index (κ1) is 25.3. The van der Waals surface area contributed by atoms with E-state index in [1.165, 1.54) is 0 Å². The zero-order chi connectivity index (χ0) is 24.3. The summed E-state index contributed by atoms with van der Waals surface area (Å²) in [5.41, 5.74) is 0. The number of likely N-dealkylation sites (tertiary alicyclic amines) is 1. The van der Waals surface area contributed by atoms with Gasteiger partial charge >= 0.3 is 0 Å². The van der Waals surface area contributed by atoms with Gasteiger partial charge in [-0.05, 0) is 19.3 Å². The number of hydrogen-bond acceptors (Lipinski definition) is 5. The highest BCUT2D eigenvalue weighted by molar-refractivity contribution is 8.02. The van der Waals surface area contributed by atoms with Crippen LogP contribution in [0.3, 0.4) is 0 Å². The molecular formula is C26H39N3O4S. The fourth-order valence-corrected chi connectivity index (χ4v) is 8.06. The van der Waals surface area contributed by atoms with Crippen LogP contribution in [-0.4, -0.2) is 93.4 Å². The number of aliphatic hydroxyl groups is 1. The summed E-state index contributed by atoms with van der Waals surface area (Å²) in [4.78, 5) is 46.8. The highest BCUT2D eigenvalue weighted by Gasteiger charge is 2.70. The molecule has 4 rings (SSSR count). The maximum atomic E-state index is 14.0. The first-order chi connectivity index (χ1) is 16.5. The third-order valence-electron chi connectivity index (χ3n) is 7.78. The number of rotatable bonds is 10. The van der Waals surface area contributed by atoms with Crippen LogP contribution in [0.15, 0.2) is 24.3 Å². The number of likely N-dealkylation sites (N-methyl/N-ethyl adjacent to an activating group) is 1. The Labute approximate surface area is 207 Å². The van der Waals surface area contributed by atoms with Crippen LogP contribution in [0.4, 0.5) is 0 Å². The van der Waals surface area contributed by atoms with Gasteiger partial charge in [-0.3, -0.25) is 14.4 Å². The largest absolute Gasteiger partial charge is 0.396 e. The van der Waals surface area contributed by atoms with Crippen molar-refractivity contribution in [3.63, 3.8) is 0 Å². The Morgan fingerprint density at radius 2 is 1.74 bits per heavy atom. The molecule has 7 nitrogen and oxygen atoms in total. The molecule has 0 aromatic rings. The molecule has 188 valence electrons. The van der Waals surface area contributed by atoms with E-state index in [-0.39, 0.29) is 29.6 Å². The molecule has 0 aromatic carbocycles. The van der Waals surface area contributed by atoms with Crippen LogP contribution in [-0.2, 0) is 14.4 Å². The lowest BCUT2D eigenvalue weighted by molar-refractivity contribution is -0.144. The van der Waals surface area contributed by atoms with Crippen molar-refractivity contribution in [3.8, 4) is 0 Å². The summed E-state index contributed by atoms with van der Waals surface area (Å²) in [6.07, 6.45) is 14.7. The third-order valence-corrected chi connectivity index (χ3v) is 9.53. The Hall–Kier alpha value is -1.80. The minimum Gasteiger partial charge on any atom is -0.396 e. The predicted octanol–water partition coefficient (Wildman–Crippen LogP) is 2.45. The second-order valence-electron chi connectivity index (χ2n) is 10.1. The second-order valence-corrected chi connectivity index (χ2v) is 11.5. The van der Waals surface area contributed by atoms with Crippen LogP contribution < -0.4 is 0 Å². The minimum absolute atomic E-state index is 0.00571. The number of hydrogen-bond donors (Lipinski definition) is 1. The summed E-state index contributed by atoms with van der Waals surface area (Å²) in [6.45, 7) is 4.66. The molecule has 3 amide bonds. The monoisotopic (exact) mass is 489 g/mol. The Kier molecular flexibility index (Phi) is 8.08. The van der Waals surface area contributed by atoms with Gasteiger partial charge in [0.05, 0.1) is 16.6 Å². The van der Waals surface area contributed by atoms with Gasteiger partial charge in [0.1, 0.15) is 6.04 Å². The van der Waals surface area contributed by atoms with Crippen LogP contribution in [0, 0.1) is 11.8 Å². The average molecular weight is 490 g/mol. The number of thioether (sulfide) groups is 1. The molecule has 1 unspecified atom stereocenters. The van der Waals surface area contributed by atoms with Gasteiger partial charge in [0.15, 0.2) is 0 Å². The molecule has 0 aliphatic carbocycles. The average Bonchev–Trinajstić information content (AvgIpc) is 3.14. The number of fused-ring (bicyclic) bond motifs is 2. The fraction of sp³-hybridized carbons (Fsp3) is 0.731. The maximum absolute atomic E-state index is 14.0. The number of nitrogens with zero attached hydrogens (tertiary/aromatic N) is 3. The summed E-state index contributed by atoms with van der Waals surface area (Å²) >= 11 is 1.65. The van der Waals surface area contributed by atoms with Gasteiger partial charge in [-0.2, -0.15) is 0 Å². The van der Waals surface area contributed by atoms with Crippen molar-refractivity contribution in [2.75, 3.05) is 39.8 Å². The van der Waals surface area contributed by atoms with Crippen molar-refractivity contribution < 1.29 is 19.5 Å². The molecular weight excluding hydrogens is 450 g/mol. The van der Waals surface area contributed by atoms with Crippen LogP contribution >= 0.6 is 11.8 Å². The Morgan fingerprint density at radius 3 is 2.50 bits per heavy atom. The van der Waals surface area contributed by atoms with Crippen molar-refractivity contribution in [2.45, 2.75) is 67.9 Å². The number of amides is 3. The zero-order valence-electron chi connectivity index (χ0n) is 20.5. The van der Waals surface area contributed by atoms with Gasteiger partial charge in [0.2, 0.25) is 17.7 Å². The maximum Gasteiger partial charge on any atom is 0.247 e. The quantitative estimate of drug-likeness (QED) is 0.377. The normalized spacial score (nSPS) is 32.7. The molecule has 1 N–H and O–H groups in total. The van der Waals surface area contributed by atoms with Crippen LogP contribution in [0.25, 0.3) is 0 Å². The van der Waals surface area contributed by atoms with Gasteiger partial charge in [0.25, 0.3) is 0 Å². The van der Waals surface area contributed by atoms with E-state index in [1.807, 2.05) is 11.0 Å². The third kappa shape index (κ3) is 4.43.